The van der Waals surface area contributed by atoms with Crippen LogP contribution in [-0.4, -0.2) is 18.6 Å². The molecule has 2 heterocycles. The highest BCUT2D eigenvalue weighted by molar-refractivity contribution is 5.85. The minimum absolute atomic E-state index is 0.0517. The Bertz CT molecular complexity index is 671. The highest BCUT2D eigenvalue weighted by Gasteiger charge is 2.19. The Morgan fingerprint density at radius 1 is 1.37 bits per heavy atom. The monoisotopic (exact) mass is 256 g/mol. The average Bonchev–Trinajstić information content (AvgIpc) is 3.09. The zero-order valence-corrected chi connectivity index (χ0v) is 10.7. The lowest BCUT2D eigenvalue weighted by atomic mass is 9.96. The molecule has 1 unspecified atom stereocenters. The topological polar surface area (TPSA) is 64.2 Å². The van der Waals surface area contributed by atoms with Gasteiger partial charge in [0.2, 0.25) is 0 Å². The first-order valence-electron chi connectivity index (χ1n) is 6.22. The molecular formula is C15H16N2O2. The first-order valence-corrected chi connectivity index (χ1v) is 6.22. The Morgan fingerprint density at radius 2 is 2.26 bits per heavy atom. The van der Waals surface area contributed by atoms with Gasteiger partial charge in [-0.2, -0.15) is 0 Å². The molecule has 0 fully saturated rings. The second kappa shape index (κ2) is 4.82. The Balaban J connectivity index is 2.13. The number of methoxy groups -OCH3 is 1. The van der Waals surface area contributed by atoms with E-state index >= 15 is 0 Å². The lowest BCUT2D eigenvalue weighted by molar-refractivity contribution is 0.415. The number of aromatic amines is 1. The summed E-state index contributed by atoms with van der Waals surface area (Å²) in [5.41, 5.74) is 8.11. The zero-order chi connectivity index (χ0) is 13.2. The standard InChI is InChI=1S/C15H16N2O2/c1-18-10-4-5-14-11(7-10)13(9-17-14)12(8-16)15-3-2-6-19-15/h2-7,9,12,17H,8,16H2,1H3. The molecule has 3 aromatic rings. The van der Waals surface area contributed by atoms with E-state index < -0.39 is 0 Å². The van der Waals surface area contributed by atoms with Crippen LogP contribution < -0.4 is 10.5 Å². The molecule has 0 aliphatic rings. The van der Waals surface area contributed by atoms with Crippen LogP contribution in [-0.2, 0) is 0 Å². The van der Waals surface area contributed by atoms with E-state index in [1.54, 1.807) is 13.4 Å². The number of fused-ring (bicyclic) bond motifs is 1. The van der Waals surface area contributed by atoms with Crippen molar-refractivity contribution in [2.24, 2.45) is 5.73 Å². The van der Waals surface area contributed by atoms with Crippen molar-refractivity contribution in [3.63, 3.8) is 0 Å². The summed E-state index contributed by atoms with van der Waals surface area (Å²) < 4.78 is 10.8. The Hall–Kier alpha value is -2.20. The summed E-state index contributed by atoms with van der Waals surface area (Å²) in [4.78, 5) is 3.26. The number of rotatable bonds is 4. The number of nitrogens with two attached hydrogens (primary N) is 1. The maximum Gasteiger partial charge on any atom is 0.119 e. The second-order valence-corrected chi connectivity index (χ2v) is 4.46. The molecule has 0 saturated carbocycles. The third kappa shape index (κ3) is 2.00. The van der Waals surface area contributed by atoms with E-state index in [-0.39, 0.29) is 5.92 Å². The molecule has 0 saturated heterocycles. The van der Waals surface area contributed by atoms with Gasteiger partial charge in [0.15, 0.2) is 0 Å². The average molecular weight is 256 g/mol. The molecule has 0 spiro atoms. The normalized spacial score (nSPS) is 12.7. The van der Waals surface area contributed by atoms with E-state index in [0.29, 0.717) is 6.54 Å². The van der Waals surface area contributed by atoms with Crippen molar-refractivity contribution in [1.29, 1.82) is 0 Å². The molecule has 1 atom stereocenters. The van der Waals surface area contributed by atoms with Crippen LogP contribution in [0.5, 0.6) is 5.75 Å². The van der Waals surface area contributed by atoms with Crippen molar-refractivity contribution in [3.05, 3.63) is 54.1 Å². The van der Waals surface area contributed by atoms with Gasteiger partial charge in [0.25, 0.3) is 0 Å². The van der Waals surface area contributed by atoms with E-state index in [1.165, 1.54) is 0 Å². The van der Waals surface area contributed by atoms with E-state index in [4.69, 9.17) is 14.9 Å². The van der Waals surface area contributed by atoms with Crippen LogP contribution in [0.4, 0.5) is 0 Å². The van der Waals surface area contributed by atoms with Gasteiger partial charge in [0.1, 0.15) is 11.5 Å². The summed E-state index contributed by atoms with van der Waals surface area (Å²) in [5.74, 6) is 1.77. The third-order valence-electron chi connectivity index (χ3n) is 3.42. The Morgan fingerprint density at radius 3 is 2.95 bits per heavy atom. The van der Waals surface area contributed by atoms with Gasteiger partial charge in [0.05, 0.1) is 19.3 Å². The summed E-state index contributed by atoms with van der Waals surface area (Å²) in [6.45, 7) is 0.498. The molecule has 0 radical (unpaired) electrons. The van der Waals surface area contributed by atoms with Gasteiger partial charge in [-0.3, -0.25) is 0 Å². The number of hydrogen-bond acceptors (Lipinski definition) is 3. The van der Waals surface area contributed by atoms with Gasteiger partial charge in [-0.25, -0.2) is 0 Å². The smallest absolute Gasteiger partial charge is 0.119 e. The molecule has 0 aliphatic carbocycles. The highest BCUT2D eigenvalue weighted by atomic mass is 16.5. The van der Waals surface area contributed by atoms with Crippen molar-refractivity contribution in [1.82, 2.24) is 4.98 Å². The van der Waals surface area contributed by atoms with Crippen molar-refractivity contribution in [2.45, 2.75) is 5.92 Å². The van der Waals surface area contributed by atoms with Crippen LogP contribution in [0.2, 0.25) is 0 Å². The second-order valence-electron chi connectivity index (χ2n) is 4.46. The molecule has 4 nitrogen and oxygen atoms in total. The van der Waals surface area contributed by atoms with Crippen LogP contribution in [0.25, 0.3) is 10.9 Å². The van der Waals surface area contributed by atoms with Crippen LogP contribution in [0.3, 0.4) is 0 Å². The maximum atomic E-state index is 5.91. The van der Waals surface area contributed by atoms with Gasteiger partial charge in [-0.05, 0) is 35.9 Å². The summed E-state index contributed by atoms with van der Waals surface area (Å²) >= 11 is 0. The molecule has 3 rings (SSSR count). The lowest BCUT2D eigenvalue weighted by Gasteiger charge is -2.11. The summed E-state index contributed by atoms with van der Waals surface area (Å²) in [6.07, 6.45) is 3.66. The largest absolute Gasteiger partial charge is 0.497 e. The molecule has 3 N–H and O–H groups in total. The van der Waals surface area contributed by atoms with E-state index in [0.717, 1.165) is 28.0 Å². The number of nitrogens with one attached hydrogen (secondary N) is 1. The molecule has 98 valence electrons. The minimum atomic E-state index is 0.0517. The Kier molecular flexibility index (Phi) is 3.01. The van der Waals surface area contributed by atoms with Crippen LogP contribution in [0.15, 0.2) is 47.2 Å². The maximum absolute atomic E-state index is 5.91. The lowest BCUT2D eigenvalue weighted by Crippen LogP contribution is -2.12. The number of benzene rings is 1. The van der Waals surface area contributed by atoms with Crippen LogP contribution >= 0.6 is 0 Å². The summed E-state index contributed by atoms with van der Waals surface area (Å²) in [5, 5.41) is 1.12. The molecule has 2 aromatic heterocycles. The number of aromatic nitrogens is 1. The SMILES string of the molecule is COc1ccc2[nH]cc(C(CN)c3ccco3)c2c1. The fourth-order valence-electron chi connectivity index (χ4n) is 2.42. The minimum Gasteiger partial charge on any atom is -0.497 e. The van der Waals surface area contributed by atoms with Crippen LogP contribution in [0.1, 0.15) is 17.2 Å². The van der Waals surface area contributed by atoms with E-state index in [2.05, 4.69) is 4.98 Å². The van der Waals surface area contributed by atoms with Gasteiger partial charge in [-0.1, -0.05) is 0 Å². The number of hydrogen-bond donors (Lipinski definition) is 2. The molecule has 19 heavy (non-hydrogen) atoms. The Labute approximate surface area is 111 Å². The fourth-order valence-corrected chi connectivity index (χ4v) is 2.42. The van der Waals surface area contributed by atoms with Gasteiger partial charge < -0.3 is 19.9 Å². The highest BCUT2D eigenvalue weighted by Crippen LogP contribution is 2.32. The van der Waals surface area contributed by atoms with Crippen molar-refractivity contribution in [2.75, 3.05) is 13.7 Å². The third-order valence-corrected chi connectivity index (χ3v) is 3.42. The van der Waals surface area contributed by atoms with Crippen molar-refractivity contribution < 1.29 is 9.15 Å². The predicted molar refractivity (Wildman–Crippen MR) is 74.5 cm³/mol. The molecule has 0 aliphatic heterocycles. The molecule has 1 aromatic carbocycles. The molecule has 0 amide bonds. The van der Waals surface area contributed by atoms with Crippen molar-refractivity contribution in [3.8, 4) is 5.75 Å². The first kappa shape index (κ1) is 11.9. The molecule has 0 bridgehead atoms. The predicted octanol–water partition coefficient (Wildman–Crippen LogP) is 2.86. The quantitative estimate of drug-likeness (QED) is 0.754. The fraction of sp³-hybridized carbons (Fsp3) is 0.200. The summed E-state index contributed by atoms with van der Waals surface area (Å²) in [7, 11) is 1.67. The van der Waals surface area contributed by atoms with Crippen LogP contribution in [0, 0.1) is 0 Å². The van der Waals surface area contributed by atoms with Crippen molar-refractivity contribution >= 4 is 10.9 Å². The van der Waals surface area contributed by atoms with Gasteiger partial charge in [0, 0.05) is 23.6 Å². The van der Waals surface area contributed by atoms with Gasteiger partial charge in [-0.15, -0.1) is 0 Å². The van der Waals surface area contributed by atoms with E-state index in [1.807, 2.05) is 36.5 Å². The first-order chi connectivity index (χ1) is 9.33. The number of furan rings is 1. The molecular weight excluding hydrogens is 240 g/mol. The van der Waals surface area contributed by atoms with E-state index in [9.17, 15) is 0 Å². The zero-order valence-electron chi connectivity index (χ0n) is 10.7. The molecule has 4 heteroatoms. The summed E-state index contributed by atoms with van der Waals surface area (Å²) in [6, 6.07) is 9.80. The number of ether oxygens (including phenoxy) is 1. The van der Waals surface area contributed by atoms with Gasteiger partial charge >= 0.3 is 0 Å². The number of H-pyrrole nitrogens is 1.